The van der Waals surface area contributed by atoms with Crippen LogP contribution in [0.1, 0.15) is 21.7 Å². The summed E-state index contributed by atoms with van der Waals surface area (Å²) in [5.74, 6) is -0.863. The lowest BCUT2D eigenvalue weighted by Crippen LogP contribution is -2.30. The van der Waals surface area contributed by atoms with Crippen molar-refractivity contribution < 1.29 is 26.4 Å². The van der Waals surface area contributed by atoms with Crippen LogP contribution >= 0.6 is 0 Å². The topological polar surface area (TPSA) is 98.1 Å². The van der Waals surface area contributed by atoms with E-state index in [0.717, 1.165) is 16.8 Å². The average Bonchev–Trinajstić information content (AvgIpc) is 3.19. The maximum absolute atomic E-state index is 12.9. The molecule has 1 amide bonds. The molecule has 0 spiro atoms. The highest BCUT2D eigenvalue weighted by molar-refractivity contribution is 7.90. The van der Waals surface area contributed by atoms with Crippen molar-refractivity contribution in [3.63, 3.8) is 0 Å². The number of tetrazole rings is 1. The molecule has 28 heavy (non-hydrogen) atoms. The van der Waals surface area contributed by atoms with Gasteiger partial charge in [-0.1, -0.05) is 18.2 Å². The van der Waals surface area contributed by atoms with Crippen LogP contribution in [0.3, 0.4) is 0 Å². The third-order valence-corrected chi connectivity index (χ3v) is 5.94. The number of sulfonamides is 1. The van der Waals surface area contributed by atoms with Crippen LogP contribution < -0.4 is 0 Å². The summed E-state index contributed by atoms with van der Waals surface area (Å²) >= 11 is 0. The maximum Gasteiger partial charge on any atom is 0.416 e. The Bertz CT molecular complexity index is 1190. The summed E-state index contributed by atoms with van der Waals surface area (Å²) in [5.41, 5.74) is -0.916. The van der Waals surface area contributed by atoms with Crippen LogP contribution in [0.4, 0.5) is 13.2 Å². The summed E-state index contributed by atoms with van der Waals surface area (Å²) in [6.07, 6.45) is -4.57. The SMILES string of the molecule is O=C1c2ccccc2S(=O)(=O)N1Cc1nnnn1-c1cccc(C(F)(F)F)c1. The van der Waals surface area contributed by atoms with Gasteiger partial charge < -0.3 is 0 Å². The average molecular weight is 409 g/mol. The summed E-state index contributed by atoms with van der Waals surface area (Å²) in [6.45, 7) is -0.529. The molecule has 2 aromatic carbocycles. The van der Waals surface area contributed by atoms with Crippen molar-refractivity contribution in [2.24, 2.45) is 0 Å². The number of nitrogens with zero attached hydrogens (tertiary/aromatic N) is 5. The molecule has 4 rings (SSSR count). The lowest BCUT2D eigenvalue weighted by Gasteiger charge is -2.15. The largest absolute Gasteiger partial charge is 0.416 e. The quantitative estimate of drug-likeness (QED) is 0.657. The Morgan fingerprint density at radius 1 is 1.04 bits per heavy atom. The van der Waals surface area contributed by atoms with Gasteiger partial charge in [0.2, 0.25) is 0 Å². The number of halogens is 3. The molecule has 0 radical (unpaired) electrons. The molecule has 8 nitrogen and oxygen atoms in total. The highest BCUT2D eigenvalue weighted by atomic mass is 32.2. The molecule has 144 valence electrons. The van der Waals surface area contributed by atoms with Gasteiger partial charge in [-0.25, -0.2) is 12.7 Å². The van der Waals surface area contributed by atoms with E-state index in [9.17, 15) is 26.4 Å². The summed E-state index contributed by atoms with van der Waals surface area (Å²) in [6, 6.07) is 9.93. The molecule has 1 aliphatic heterocycles. The summed E-state index contributed by atoms with van der Waals surface area (Å²) in [5, 5.41) is 10.7. The van der Waals surface area contributed by atoms with Crippen molar-refractivity contribution in [2.45, 2.75) is 17.6 Å². The van der Waals surface area contributed by atoms with E-state index < -0.39 is 34.2 Å². The summed E-state index contributed by atoms with van der Waals surface area (Å²) < 4.78 is 65.7. The minimum absolute atomic E-state index is 0.0144. The first-order chi connectivity index (χ1) is 13.2. The van der Waals surface area contributed by atoms with Crippen molar-refractivity contribution in [3.05, 3.63) is 65.5 Å². The van der Waals surface area contributed by atoms with Crippen LogP contribution in [0, 0.1) is 0 Å². The molecule has 2 heterocycles. The standard InChI is InChI=1S/C16H10F3N5O3S/c17-16(18,19)10-4-3-5-11(8-10)24-14(20-21-22-24)9-23-15(25)12-6-1-2-7-13(12)28(23,26)27/h1-8H,9H2. The fourth-order valence-corrected chi connectivity index (χ4v) is 4.36. The van der Waals surface area contributed by atoms with E-state index in [4.69, 9.17) is 0 Å². The van der Waals surface area contributed by atoms with Crippen LogP contribution in [0.15, 0.2) is 53.4 Å². The third kappa shape index (κ3) is 2.81. The van der Waals surface area contributed by atoms with E-state index >= 15 is 0 Å². The first-order valence-electron chi connectivity index (χ1n) is 7.80. The van der Waals surface area contributed by atoms with E-state index in [1.165, 1.54) is 36.4 Å². The first-order valence-corrected chi connectivity index (χ1v) is 9.24. The number of carbonyl (C=O) groups is 1. The fourth-order valence-electron chi connectivity index (χ4n) is 2.83. The molecule has 0 N–H and O–H groups in total. The molecule has 0 bridgehead atoms. The predicted octanol–water partition coefficient (Wildman–Crippen LogP) is 2.03. The Kier molecular flexibility index (Phi) is 3.96. The lowest BCUT2D eigenvalue weighted by atomic mass is 10.2. The molecular formula is C16H10F3N5O3S. The van der Waals surface area contributed by atoms with Gasteiger partial charge in [-0.15, -0.1) is 5.10 Å². The Morgan fingerprint density at radius 3 is 2.50 bits per heavy atom. The van der Waals surface area contributed by atoms with E-state index in [0.29, 0.717) is 4.31 Å². The normalized spacial score (nSPS) is 15.7. The van der Waals surface area contributed by atoms with Gasteiger partial charge >= 0.3 is 6.18 Å². The van der Waals surface area contributed by atoms with Crippen molar-refractivity contribution in [1.29, 1.82) is 0 Å². The second-order valence-corrected chi connectivity index (χ2v) is 7.70. The van der Waals surface area contributed by atoms with Crippen LogP contribution in [-0.2, 0) is 22.7 Å². The number of rotatable bonds is 3. The number of amides is 1. The van der Waals surface area contributed by atoms with Gasteiger partial charge in [0.25, 0.3) is 15.9 Å². The van der Waals surface area contributed by atoms with Gasteiger partial charge in [0, 0.05) is 0 Å². The zero-order chi connectivity index (χ0) is 20.1. The van der Waals surface area contributed by atoms with Crippen molar-refractivity contribution >= 4 is 15.9 Å². The molecule has 0 atom stereocenters. The van der Waals surface area contributed by atoms with E-state index in [2.05, 4.69) is 15.5 Å². The lowest BCUT2D eigenvalue weighted by molar-refractivity contribution is -0.137. The summed E-state index contributed by atoms with van der Waals surface area (Å²) in [7, 11) is -4.11. The maximum atomic E-state index is 12.9. The molecule has 1 aromatic heterocycles. The number of hydrogen-bond donors (Lipinski definition) is 0. The smallest absolute Gasteiger partial charge is 0.268 e. The molecule has 0 unspecified atom stereocenters. The second-order valence-electron chi connectivity index (χ2n) is 5.87. The van der Waals surface area contributed by atoms with Crippen LogP contribution in [0.5, 0.6) is 0 Å². The van der Waals surface area contributed by atoms with Crippen molar-refractivity contribution in [3.8, 4) is 5.69 Å². The number of aromatic nitrogens is 4. The molecule has 1 aliphatic rings. The van der Waals surface area contributed by atoms with Gasteiger partial charge in [0.1, 0.15) is 4.90 Å². The predicted molar refractivity (Wildman–Crippen MR) is 87.7 cm³/mol. The highest BCUT2D eigenvalue weighted by Gasteiger charge is 2.41. The molecule has 12 heteroatoms. The van der Waals surface area contributed by atoms with E-state index in [-0.39, 0.29) is 22.0 Å². The molecule has 0 saturated heterocycles. The fraction of sp³-hybridized carbons (Fsp3) is 0.125. The van der Waals surface area contributed by atoms with E-state index in [1.54, 1.807) is 0 Å². The van der Waals surface area contributed by atoms with Crippen LogP contribution in [-0.4, -0.2) is 38.8 Å². The minimum atomic E-state index is -4.57. The second kappa shape index (κ2) is 6.12. The van der Waals surface area contributed by atoms with Crippen molar-refractivity contribution in [2.75, 3.05) is 0 Å². The monoisotopic (exact) mass is 409 g/mol. The number of carbonyl (C=O) groups excluding carboxylic acids is 1. The summed E-state index contributed by atoms with van der Waals surface area (Å²) in [4.78, 5) is 12.4. The van der Waals surface area contributed by atoms with Gasteiger partial charge in [0.05, 0.1) is 23.4 Å². The van der Waals surface area contributed by atoms with Gasteiger partial charge in [-0.3, -0.25) is 4.79 Å². The number of benzene rings is 2. The van der Waals surface area contributed by atoms with Crippen molar-refractivity contribution in [1.82, 2.24) is 24.5 Å². The highest BCUT2D eigenvalue weighted by Crippen LogP contribution is 2.32. The first kappa shape index (κ1) is 18.1. The Morgan fingerprint density at radius 2 is 1.79 bits per heavy atom. The Balaban J connectivity index is 1.72. The number of hydrogen-bond acceptors (Lipinski definition) is 6. The molecule has 0 fully saturated rings. The minimum Gasteiger partial charge on any atom is -0.268 e. The zero-order valence-corrected chi connectivity index (χ0v) is 14.6. The molecule has 0 saturated carbocycles. The Labute approximate surface area is 156 Å². The molecule has 0 aliphatic carbocycles. The van der Waals surface area contributed by atoms with Crippen LogP contribution in [0.2, 0.25) is 0 Å². The molecule has 3 aromatic rings. The van der Waals surface area contributed by atoms with Gasteiger partial charge in [-0.2, -0.15) is 17.9 Å². The third-order valence-electron chi connectivity index (χ3n) is 4.15. The number of fused-ring (bicyclic) bond motifs is 1. The number of alkyl halides is 3. The van der Waals surface area contributed by atoms with Gasteiger partial charge in [0.15, 0.2) is 5.82 Å². The Hall–Kier alpha value is -3.28. The van der Waals surface area contributed by atoms with E-state index in [1.807, 2.05) is 0 Å². The van der Waals surface area contributed by atoms with Gasteiger partial charge in [-0.05, 0) is 40.8 Å². The molecular weight excluding hydrogens is 399 g/mol. The van der Waals surface area contributed by atoms with Crippen LogP contribution in [0.25, 0.3) is 5.69 Å². The zero-order valence-electron chi connectivity index (χ0n) is 13.8.